The maximum atomic E-state index is 13.2. The van der Waals surface area contributed by atoms with Gasteiger partial charge in [0.15, 0.2) is 5.82 Å². The van der Waals surface area contributed by atoms with Crippen LogP contribution in [-0.2, 0) is 6.54 Å². The molecule has 1 amide bonds. The number of alkyl halides is 1. The highest BCUT2D eigenvalue weighted by Gasteiger charge is 2.32. The molecule has 5 nitrogen and oxygen atoms in total. The van der Waals surface area contributed by atoms with E-state index in [0.717, 1.165) is 22.2 Å². The second-order valence-corrected chi connectivity index (χ2v) is 7.68. The first-order chi connectivity index (χ1) is 13.3. The van der Waals surface area contributed by atoms with Gasteiger partial charge in [-0.2, -0.15) is 0 Å². The fourth-order valence-corrected chi connectivity index (χ4v) is 3.74. The number of fused-ring (bicyclic) bond motifs is 1. The number of hydrogen-bond donors (Lipinski definition) is 2. The topological polar surface area (TPSA) is 61.0 Å². The number of aromatic amines is 1. The predicted molar refractivity (Wildman–Crippen MR) is 110 cm³/mol. The lowest BCUT2D eigenvalue weighted by atomic mass is 10.0. The van der Waals surface area contributed by atoms with Crippen LogP contribution in [0.5, 0.6) is 0 Å². The third-order valence-corrected chi connectivity index (χ3v) is 5.72. The highest BCUT2D eigenvalue weighted by molar-refractivity contribution is 6.01. The van der Waals surface area contributed by atoms with Crippen LogP contribution in [0.15, 0.2) is 24.3 Å². The van der Waals surface area contributed by atoms with Crippen molar-refractivity contribution in [1.82, 2.24) is 14.9 Å². The molecular weight excluding hydrogens is 355 g/mol. The van der Waals surface area contributed by atoms with Gasteiger partial charge in [0, 0.05) is 17.6 Å². The molecule has 0 radical (unpaired) electrons. The second kappa shape index (κ2) is 6.93. The van der Waals surface area contributed by atoms with Crippen LogP contribution in [-0.4, -0.2) is 40.0 Å². The molecule has 1 saturated heterocycles. The molecule has 0 spiro atoms. The van der Waals surface area contributed by atoms with E-state index in [-0.39, 0.29) is 19.0 Å². The molecule has 0 atom stereocenters. The Kier molecular flexibility index (Phi) is 4.57. The summed E-state index contributed by atoms with van der Waals surface area (Å²) >= 11 is 0. The van der Waals surface area contributed by atoms with Gasteiger partial charge in [0.05, 0.1) is 18.6 Å². The number of benzene rings is 1. The molecule has 0 saturated carbocycles. The van der Waals surface area contributed by atoms with Gasteiger partial charge in [-0.15, -0.1) is 0 Å². The fraction of sp³-hybridized carbons (Fsp3) is 0.364. The molecular formula is C22H25FN4O. The number of nitrogens with zero attached hydrogens (tertiary/aromatic N) is 2. The standard InChI is InChI=1S/C22H25FN4O/c1-12-6-5-7-13(2)18(12)9-24-21-20-17(14(3)15(4)25-20)8-19(26-21)22(28)27-10-16(23)11-27/h5-8,16,25H,9-11H2,1-4H3,(H,24,26). The lowest BCUT2D eigenvalue weighted by Crippen LogP contribution is -2.51. The number of carbonyl (C=O) groups is 1. The first kappa shape index (κ1) is 18.5. The van der Waals surface area contributed by atoms with Gasteiger partial charge in [-0.25, -0.2) is 9.37 Å². The monoisotopic (exact) mass is 380 g/mol. The molecule has 2 N–H and O–H groups in total. The van der Waals surface area contributed by atoms with E-state index in [2.05, 4.69) is 41.3 Å². The summed E-state index contributed by atoms with van der Waals surface area (Å²) in [6, 6.07) is 8.04. The van der Waals surface area contributed by atoms with Crippen molar-refractivity contribution in [2.45, 2.75) is 40.4 Å². The molecule has 146 valence electrons. The summed E-state index contributed by atoms with van der Waals surface area (Å²) < 4.78 is 13.2. The molecule has 1 aliphatic rings. The van der Waals surface area contributed by atoms with Gasteiger partial charge in [0.2, 0.25) is 0 Å². The number of carbonyl (C=O) groups excluding carboxylic acids is 1. The summed E-state index contributed by atoms with van der Waals surface area (Å²) in [5.41, 5.74) is 7.03. The van der Waals surface area contributed by atoms with E-state index in [1.54, 1.807) is 0 Å². The molecule has 3 aromatic rings. The summed E-state index contributed by atoms with van der Waals surface area (Å²) in [6.45, 7) is 9.13. The van der Waals surface area contributed by atoms with Crippen LogP contribution in [0.2, 0.25) is 0 Å². The van der Waals surface area contributed by atoms with E-state index in [1.807, 2.05) is 26.0 Å². The van der Waals surface area contributed by atoms with Crippen LogP contribution in [0, 0.1) is 27.7 Å². The number of halogens is 1. The summed E-state index contributed by atoms with van der Waals surface area (Å²) in [5.74, 6) is 0.432. The van der Waals surface area contributed by atoms with E-state index in [9.17, 15) is 9.18 Å². The SMILES string of the molecule is Cc1cccc(C)c1CNc1nc(C(=O)N2CC(F)C2)cc2c(C)c(C)[nH]c12. The average molecular weight is 380 g/mol. The van der Waals surface area contributed by atoms with Crippen LogP contribution in [0.4, 0.5) is 10.2 Å². The molecule has 1 aliphatic heterocycles. The smallest absolute Gasteiger partial charge is 0.272 e. The van der Waals surface area contributed by atoms with E-state index in [4.69, 9.17) is 0 Å². The number of aromatic nitrogens is 2. The molecule has 0 unspecified atom stereocenters. The van der Waals surface area contributed by atoms with Crippen LogP contribution < -0.4 is 5.32 Å². The molecule has 6 heteroatoms. The Morgan fingerprint density at radius 1 is 1.25 bits per heavy atom. The average Bonchev–Trinajstić information content (AvgIpc) is 2.92. The zero-order chi connectivity index (χ0) is 20.0. The number of H-pyrrole nitrogens is 1. The Morgan fingerprint density at radius 3 is 2.57 bits per heavy atom. The van der Waals surface area contributed by atoms with Crippen molar-refractivity contribution in [3.05, 3.63) is 57.9 Å². The molecule has 0 bridgehead atoms. The Labute approximate surface area is 164 Å². The molecule has 4 rings (SSSR count). The van der Waals surface area contributed by atoms with Crippen molar-refractivity contribution in [2.75, 3.05) is 18.4 Å². The number of hydrogen-bond acceptors (Lipinski definition) is 3. The summed E-state index contributed by atoms with van der Waals surface area (Å²) in [6.07, 6.45) is -0.925. The predicted octanol–water partition coefficient (Wildman–Crippen LogP) is 4.20. The number of nitrogens with one attached hydrogen (secondary N) is 2. The van der Waals surface area contributed by atoms with E-state index >= 15 is 0 Å². The second-order valence-electron chi connectivity index (χ2n) is 7.68. The van der Waals surface area contributed by atoms with Gasteiger partial charge in [-0.3, -0.25) is 4.79 Å². The van der Waals surface area contributed by atoms with Crippen LogP contribution in [0.1, 0.15) is 38.4 Å². The maximum Gasteiger partial charge on any atom is 0.272 e. The first-order valence-electron chi connectivity index (χ1n) is 9.57. The highest BCUT2D eigenvalue weighted by atomic mass is 19.1. The number of anilines is 1. The molecule has 1 fully saturated rings. The minimum absolute atomic E-state index is 0.148. The number of likely N-dealkylation sites (tertiary alicyclic amines) is 1. The van der Waals surface area contributed by atoms with Crippen molar-refractivity contribution < 1.29 is 9.18 Å². The molecule has 3 heterocycles. The van der Waals surface area contributed by atoms with Crippen molar-refractivity contribution in [1.29, 1.82) is 0 Å². The molecule has 1 aromatic carbocycles. The third-order valence-electron chi connectivity index (χ3n) is 5.72. The molecule has 2 aromatic heterocycles. The van der Waals surface area contributed by atoms with Crippen LogP contribution in [0.25, 0.3) is 10.9 Å². The minimum atomic E-state index is -0.925. The third kappa shape index (κ3) is 3.13. The van der Waals surface area contributed by atoms with Crippen molar-refractivity contribution >= 4 is 22.6 Å². The zero-order valence-corrected chi connectivity index (χ0v) is 16.7. The van der Waals surface area contributed by atoms with E-state index in [1.165, 1.54) is 21.6 Å². The number of pyridine rings is 1. The first-order valence-corrected chi connectivity index (χ1v) is 9.57. The van der Waals surface area contributed by atoms with Gasteiger partial charge in [-0.1, -0.05) is 18.2 Å². The van der Waals surface area contributed by atoms with Gasteiger partial charge in [0.25, 0.3) is 5.91 Å². The van der Waals surface area contributed by atoms with E-state index < -0.39 is 6.17 Å². The van der Waals surface area contributed by atoms with Crippen LogP contribution in [0.3, 0.4) is 0 Å². The summed E-state index contributed by atoms with van der Waals surface area (Å²) in [4.78, 5) is 22.2. The number of aryl methyl sites for hydroxylation is 4. The molecule has 0 aliphatic carbocycles. The van der Waals surface area contributed by atoms with Gasteiger partial charge in [-0.05, 0) is 56.0 Å². The van der Waals surface area contributed by atoms with Gasteiger partial charge in [0.1, 0.15) is 11.9 Å². The summed E-state index contributed by atoms with van der Waals surface area (Å²) in [7, 11) is 0. The lowest BCUT2D eigenvalue weighted by Gasteiger charge is -2.34. The lowest BCUT2D eigenvalue weighted by molar-refractivity contribution is 0.0395. The Hall–Kier alpha value is -2.89. The Morgan fingerprint density at radius 2 is 1.93 bits per heavy atom. The summed E-state index contributed by atoms with van der Waals surface area (Å²) in [5, 5.41) is 4.39. The van der Waals surface area contributed by atoms with Crippen molar-refractivity contribution in [2.24, 2.45) is 0 Å². The Bertz CT molecular complexity index is 1050. The quantitative estimate of drug-likeness (QED) is 0.713. The van der Waals surface area contributed by atoms with Crippen molar-refractivity contribution in [3.8, 4) is 0 Å². The van der Waals surface area contributed by atoms with Crippen LogP contribution >= 0.6 is 0 Å². The zero-order valence-electron chi connectivity index (χ0n) is 16.7. The maximum absolute atomic E-state index is 13.2. The Balaban J connectivity index is 1.71. The fourth-order valence-electron chi connectivity index (χ4n) is 3.74. The van der Waals surface area contributed by atoms with Gasteiger partial charge < -0.3 is 15.2 Å². The minimum Gasteiger partial charge on any atom is -0.364 e. The van der Waals surface area contributed by atoms with Crippen molar-refractivity contribution in [3.63, 3.8) is 0 Å². The number of amides is 1. The number of rotatable bonds is 4. The van der Waals surface area contributed by atoms with Gasteiger partial charge >= 0.3 is 0 Å². The molecule has 28 heavy (non-hydrogen) atoms. The highest BCUT2D eigenvalue weighted by Crippen LogP contribution is 2.29. The normalized spacial score (nSPS) is 14.4. The van der Waals surface area contributed by atoms with E-state index in [0.29, 0.717) is 18.1 Å². The largest absolute Gasteiger partial charge is 0.364 e.